The lowest BCUT2D eigenvalue weighted by Gasteiger charge is -2.45. The zero-order chi connectivity index (χ0) is 12.7. The number of amides is 1. The summed E-state index contributed by atoms with van der Waals surface area (Å²) in [7, 11) is 0. The lowest BCUT2D eigenvalue weighted by molar-refractivity contribution is -0.0741. The molecule has 2 fully saturated rings. The molecule has 2 aliphatic rings. The van der Waals surface area contributed by atoms with Crippen LogP contribution in [0.3, 0.4) is 0 Å². The van der Waals surface area contributed by atoms with Crippen LogP contribution in [0, 0.1) is 0 Å². The van der Waals surface area contributed by atoms with Gasteiger partial charge in [-0.25, -0.2) is 4.79 Å². The Morgan fingerprint density at radius 1 is 1.47 bits per heavy atom. The first kappa shape index (κ1) is 12.6. The summed E-state index contributed by atoms with van der Waals surface area (Å²) < 4.78 is 5.37. The third kappa shape index (κ3) is 2.55. The molecule has 0 radical (unpaired) electrons. The standard InChI is InChI=1S/C12H22N2O3/c1-11(2,3)17-10(15)14-6-4-5-9(14)12(16)7-13-8-12/h9,13,16H,4-8H2,1-3H3. The molecule has 2 rings (SSSR count). The molecule has 98 valence electrons. The fourth-order valence-electron chi connectivity index (χ4n) is 2.48. The molecule has 0 aromatic heterocycles. The summed E-state index contributed by atoms with van der Waals surface area (Å²) in [6, 6.07) is -0.0985. The molecule has 5 nitrogen and oxygen atoms in total. The van der Waals surface area contributed by atoms with Gasteiger partial charge in [-0.3, -0.25) is 0 Å². The summed E-state index contributed by atoms with van der Waals surface area (Å²) in [5.74, 6) is 0. The van der Waals surface area contributed by atoms with Crippen molar-refractivity contribution in [3.63, 3.8) is 0 Å². The molecule has 0 saturated carbocycles. The Labute approximate surface area is 102 Å². The van der Waals surface area contributed by atoms with Gasteiger partial charge >= 0.3 is 6.09 Å². The van der Waals surface area contributed by atoms with E-state index in [0.717, 1.165) is 12.8 Å². The average molecular weight is 242 g/mol. The van der Waals surface area contributed by atoms with E-state index in [4.69, 9.17) is 4.74 Å². The SMILES string of the molecule is CC(C)(C)OC(=O)N1CCCC1C1(O)CNC1. The van der Waals surface area contributed by atoms with E-state index in [1.54, 1.807) is 4.90 Å². The zero-order valence-electron chi connectivity index (χ0n) is 10.8. The zero-order valence-corrected chi connectivity index (χ0v) is 10.8. The Kier molecular flexibility index (Phi) is 3.08. The summed E-state index contributed by atoms with van der Waals surface area (Å²) in [4.78, 5) is 13.7. The van der Waals surface area contributed by atoms with Crippen molar-refractivity contribution in [2.24, 2.45) is 0 Å². The van der Waals surface area contributed by atoms with Gasteiger partial charge in [0.25, 0.3) is 0 Å². The van der Waals surface area contributed by atoms with Crippen LogP contribution < -0.4 is 5.32 Å². The van der Waals surface area contributed by atoms with Crippen molar-refractivity contribution in [2.75, 3.05) is 19.6 Å². The molecule has 0 spiro atoms. The van der Waals surface area contributed by atoms with Crippen LogP contribution in [0.1, 0.15) is 33.6 Å². The number of rotatable bonds is 1. The fourth-order valence-corrected chi connectivity index (χ4v) is 2.48. The van der Waals surface area contributed by atoms with Crippen molar-refractivity contribution >= 4 is 6.09 Å². The maximum atomic E-state index is 12.0. The van der Waals surface area contributed by atoms with Crippen molar-refractivity contribution in [1.82, 2.24) is 10.2 Å². The van der Waals surface area contributed by atoms with E-state index in [2.05, 4.69) is 5.32 Å². The molecule has 0 bridgehead atoms. The second-order valence-corrected chi connectivity index (χ2v) is 6.04. The molecular weight excluding hydrogens is 220 g/mol. The van der Waals surface area contributed by atoms with Gasteiger partial charge in [-0.1, -0.05) is 0 Å². The van der Waals surface area contributed by atoms with Crippen molar-refractivity contribution < 1.29 is 14.6 Å². The summed E-state index contributed by atoms with van der Waals surface area (Å²) >= 11 is 0. The van der Waals surface area contributed by atoms with Crippen LogP contribution in [-0.2, 0) is 4.74 Å². The largest absolute Gasteiger partial charge is 0.444 e. The molecular formula is C12H22N2O3. The summed E-state index contributed by atoms with van der Waals surface area (Å²) in [5, 5.41) is 13.4. The van der Waals surface area contributed by atoms with Gasteiger partial charge in [-0.2, -0.15) is 0 Å². The van der Waals surface area contributed by atoms with Crippen LogP contribution in [0.2, 0.25) is 0 Å². The van der Waals surface area contributed by atoms with Crippen molar-refractivity contribution in [2.45, 2.75) is 50.9 Å². The van der Waals surface area contributed by atoms with Gasteiger partial charge in [0.1, 0.15) is 11.2 Å². The first-order valence-corrected chi connectivity index (χ1v) is 6.25. The van der Waals surface area contributed by atoms with Crippen molar-refractivity contribution in [3.05, 3.63) is 0 Å². The molecule has 1 unspecified atom stereocenters. The van der Waals surface area contributed by atoms with Gasteiger partial charge in [0.05, 0.1) is 6.04 Å². The van der Waals surface area contributed by atoms with Crippen LogP contribution in [0.4, 0.5) is 4.79 Å². The summed E-state index contributed by atoms with van der Waals surface area (Å²) in [6.45, 7) is 7.39. The predicted molar refractivity (Wildman–Crippen MR) is 63.8 cm³/mol. The lowest BCUT2D eigenvalue weighted by atomic mass is 9.86. The average Bonchev–Trinajstić information content (AvgIpc) is 2.59. The normalized spacial score (nSPS) is 27.8. The van der Waals surface area contributed by atoms with Crippen LogP contribution in [-0.4, -0.2) is 53.0 Å². The van der Waals surface area contributed by atoms with Gasteiger partial charge in [0.15, 0.2) is 0 Å². The number of aliphatic hydroxyl groups is 1. The molecule has 5 heteroatoms. The Morgan fingerprint density at radius 2 is 2.12 bits per heavy atom. The Hall–Kier alpha value is -0.810. The Morgan fingerprint density at radius 3 is 2.59 bits per heavy atom. The van der Waals surface area contributed by atoms with Gasteiger partial charge < -0.3 is 20.1 Å². The number of β-amino-alcohol motifs (C(OH)–C–C–N with tert-alkyl or cyclic N) is 1. The van der Waals surface area contributed by atoms with E-state index in [0.29, 0.717) is 19.6 Å². The van der Waals surface area contributed by atoms with Crippen molar-refractivity contribution in [3.8, 4) is 0 Å². The van der Waals surface area contributed by atoms with Crippen LogP contribution in [0.15, 0.2) is 0 Å². The predicted octanol–water partition coefficient (Wildman–Crippen LogP) is 0.720. The smallest absolute Gasteiger partial charge is 0.410 e. The molecule has 0 aromatic carbocycles. The number of carbonyl (C=O) groups excluding carboxylic acids is 1. The Bertz CT molecular complexity index is 307. The molecule has 2 N–H and O–H groups in total. The molecule has 2 heterocycles. The molecule has 2 saturated heterocycles. The number of hydrogen-bond donors (Lipinski definition) is 2. The third-order valence-electron chi connectivity index (χ3n) is 3.36. The lowest BCUT2D eigenvalue weighted by Crippen LogP contribution is -2.69. The molecule has 2 aliphatic heterocycles. The van der Waals surface area contributed by atoms with Gasteiger partial charge in [0, 0.05) is 19.6 Å². The van der Waals surface area contributed by atoms with E-state index < -0.39 is 11.2 Å². The van der Waals surface area contributed by atoms with E-state index in [-0.39, 0.29) is 12.1 Å². The van der Waals surface area contributed by atoms with Crippen LogP contribution >= 0.6 is 0 Å². The van der Waals surface area contributed by atoms with Crippen molar-refractivity contribution in [1.29, 1.82) is 0 Å². The molecule has 0 aromatic rings. The van der Waals surface area contributed by atoms with Gasteiger partial charge in [-0.15, -0.1) is 0 Å². The first-order chi connectivity index (χ1) is 7.82. The van der Waals surface area contributed by atoms with Crippen LogP contribution in [0.5, 0.6) is 0 Å². The second kappa shape index (κ2) is 4.14. The number of ether oxygens (including phenoxy) is 1. The maximum absolute atomic E-state index is 12.0. The highest BCUT2D eigenvalue weighted by Gasteiger charge is 2.49. The number of nitrogens with one attached hydrogen (secondary N) is 1. The fraction of sp³-hybridized carbons (Fsp3) is 0.917. The van der Waals surface area contributed by atoms with E-state index >= 15 is 0 Å². The maximum Gasteiger partial charge on any atom is 0.410 e. The second-order valence-electron chi connectivity index (χ2n) is 6.04. The molecule has 1 amide bonds. The minimum Gasteiger partial charge on any atom is -0.444 e. The molecule has 0 aliphatic carbocycles. The van der Waals surface area contributed by atoms with Crippen LogP contribution in [0.25, 0.3) is 0 Å². The Balaban J connectivity index is 2.02. The highest BCUT2D eigenvalue weighted by molar-refractivity contribution is 5.69. The van der Waals surface area contributed by atoms with Gasteiger partial charge in [-0.05, 0) is 33.6 Å². The number of carbonyl (C=O) groups is 1. The minimum atomic E-state index is -0.757. The first-order valence-electron chi connectivity index (χ1n) is 6.25. The molecule has 17 heavy (non-hydrogen) atoms. The number of hydrogen-bond acceptors (Lipinski definition) is 4. The quantitative estimate of drug-likeness (QED) is 0.711. The van der Waals surface area contributed by atoms with Gasteiger partial charge in [0.2, 0.25) is 0 Å². The third-order valence-corrected chi connectivity index (χ3v) is 3.36. The minimum absolute atomic E-state index is 0.0985. The number of likely N-dealkylation sites (tertiary alicyclic amines) is 1. The topological polar surface area (TPSA) is 61.8 Å². The number of nitrogens with zero attached hydrogens (tertiary/aromatic N) is 1. The highest BCUT2D eigenvalue weighted by Crippen LogP contribution is 2.31. The highest BCUT2D eigenvalue weighted by atomic mass is 16.6. The van der Waals surface area contributed by atoms with E-state index in [1.807, 2.05) is 20.8 Å². The summed E-state index contributed by atoms with van der Waals surface area (Å²) in [5.41, 5.74) is -1.24. The summed E-state index contributed by atoms with van der Waals surface area (Å²) in [6.07, 6.45) is 1.49. The molecule has 1 atom stereocenters. The van der Waals surface area contributed by atoms with E-state index in [1.165, 1.54) is 0 Å². The monoisotopic (exact) mass is 242 g/mol. The van der Waals surface area contributed by atoms with E-state index in [9.17, 15) is 9.90 Å².